The van der Waals surface area contributed by atoms with E-state index in [4.69, 9.17) is 11.6 Å². The summed E-state index contributed by atoms with van der Waals surface area (Å²) in [6, 6.07) is 6.74. The monoisotopic (exact) mass is 448 g/mol. The molecule has 10 heteroatoms. The molecule has 0 aliphatic carbocycles. The quantitative estimate of drug-likeness (QED) is 0.716. The van der Waals surface area contributed by atoms with Crippen LogP contribution in [0.25, 0.3) is 0 Å². The van der Waals surface area contributed by atoms with Crippen molar-refractivity contribution in [1.82, 2.24) is 0 Å². The average molecular weight is 449 g/mol. The molecule has 0 saturated carbocycles. The van der Waals surface area contributed by atoms with Crippen LogP contribution in [0.15, 0.2) is 36.4 Å². The van der Waals surface area contributed by atoms with Crippen molar-refractivity contribution in [2.45, 2.75) is 33.0 Å². The molecule has 0 aliphatic heterocycles. The number of halogens is 4. The molecule has 2 rings (SSSR count). The second kappa shape index (κ2) is 8.23. The van der Waals surface area contributed by atoms with E-state index >= 15 is 0 Å². The first-order valence-corrected chi connectivity index (χ1v) is 10.7. The molecule has 5 nitrogen and oxygen atoms in total. The number of sulfonamides is 1. The average Bonchev–Trinajstić information content (AvgIpc) is 2.57. The van der Waals surface area contributed by atoms with Crippen molar-refractivity contribution in [3.63, 3.8) is 0 Å². The number of benzene rings is 2. The molecule has 2 aromatic carbocycles. The maximum absolute atomic E-state index is 13.2. The summed E-state index contributed by atoms with van der Waals surface area (Å²) in [5.41, 5.74) is 0.551. The van der Waals surface area contributed by atoms with Gasteiger partial charge in [0, 0.05) is 5.69 Å². The SMILES string of the molecule is Cc1cccc(C)c1NC(=O)[C@H](C)N(c1ccc(Cl)c(C(F)(F)F)c1)S(C)(=O)=O. The molecule has 0 aliphatic rings. The van der Waals surface area contributed by atoms with E-state index in [-0.39, 0.29) is 5.69 Å². The normalized spacial score (nSPS) is 13.1. The molecular formula is C19H20ClF3N2O3S. The van der Waals surface area contributed by atoms with Crippen LogP contribution in [0, 0.1) is 13.8 Å². The van der Waals surface area contributed by atoms with Crippen LogP contribution < -0.4 is 9.62 Å². The van der Waals surface area contributed by atoms with E-state index in [1.54, 1.807) is 32.0 Å². The smallest absolute Gasteiger partial charge is 0.324 e. The summed E-state index contributed by atoms with van der Waals surface area (Å²) < 4.78 is 64.9. The van der Waals surface area contributed by atoms with Gasteiger partial charge in [-0.1, -0.05) is 29.8 Å². The Morgan fingerprint density at radius 2 is 1.69 bits per heavy atom. The summed E-state index contributed by atoms with van der Waals surface area (Å²) in [5.74, 6) is -0.684. The van der Waals surface area contributed by atoms with Crippen LogP contribution in [0.2, 0.25) is 5.02 Å². The first-order chi connectivity index (χ1) is 13.2. The molecule has 1 amide bonds. The number of carbonyl (C=O) groups is 1. The maximum atomic E-state index is 13.2. The topological polar surface area (TPSA) is 66.5 Å². The van der Waals surface area contributed by atoms with E-state index in [9.17, 15) is 26.4 Å². The molecule has 0 heterocycles. The van der Waals surface area contributed by atoms with Crippen LogP contribution >= 0.6 is 11.6 Å². The molecule has 158 valence electrons. The Hall–Kier alpha value is -2.26. The molecule has 0 spiro atoms. The highest BCUT2D eigenvalue weighted by Crippen LogP contribution is 2.37. The Morgan fingerprint density at radius 3 is 2.17 bits per heavy atom. The number of nitrogens with one attached hydrogen (secondary N) is 1. The van der Waals surface area contributed by atoms with Gasteiger partial charge >= 0.3 is 6.18 Å². The number of aryl methyl sites for hydroxylation is 2. The van der Waals surface area contributed by atoms with Crippen molar-refractivity contribution < 1.29 is 26.4 Å². The first kappa shape index (κ1) is 23.0. The van der Waals surface area contributed by atoms with E-state index in [1.165, 1.54) is 6.92 Å². The number of hydrogen-bond acceptors (Lipinski definition) is 3. The molecule has 0 bridgehead atoms. The molecule has 0 aromatic heterocycles. The van der Waals surface area contributed by atoms with Crippen molar-refractivity contribution >= 4 is 38.9 Å². The Kier molecular flexibility index (Phi) is 6.54. The van der Waals surface area contributed by atoms with Gasteiger partial charge in [0.15, 0.2) is 0 Å². The van der Waals surface area contributed by atoms with E-state index in [0.29, 0.717) is 16.1 Å². The van der Waals surface area contributed by atoms with Gasteiger partial charge in [-0.2, -0.15) is 13.2 Å². The fourth-order valence-electron chi connectivity index (χ4n) is 2.92. The van der Waals surface area contributed by atoms with Crippen LogP contribution in [0.3, 0.4) is 0 Å². The summed E-state index contributed by atoms with van der Waals surface area (Å²) in [6.07, 6.45) is -3.96. The predicted molar refractivity (Wildman–Crippen MR) is 108 cm³/mol. The Morgan fingerprint density at radius 1 is 1.14 bits per heavy atom. The molecule has 0 radical (unpaired) electrons. The maximum Gasteiger partial charge on any atom is 0.417 e. The Bertz CT molecular complexity index is 1020. The minimum atomic E-state index is -4.78. The number of nitrogens with zero attached hydrogens (tertiary/aromatic N) is 1. The molecule has 0 unspecified atom stereocenters. The van der Waals surface area contributed by atoms with Gasteiger partial charge in [-0.15, -0.1) is 0 Å². The molecule has 2 aromatic rings. The molecular weight excluding hydrogens is 429 g/mol. The number of rotatable bonds is 5. The van der Waals surface area contributed by atoms with Gasteiger partial charge in [0.2, 0.25) is 15.9 Å². The summed E-state index contributed by atoms with van der Waals surface area (Å²) in [7, 11) is -4.09. The van der Waals surface area contributed by atoms with Crippen LogP contribution in [0.5, 0.6) is 0 Å². The zero-order valence-corrected chi connectivity index (χ0v) is 17.7. The van der Waals surface area contributed by atoms with Gasteiger partial charge < -0.3 is 5.32 Å². The number of amides is 1. The summed E-state index contributed by atoms with van der Waals surface area (Å²) >= 11 is 5.62. The lowest BCUT2D eigenvalue weighted by molar-refractivity contribution is -0.137. The second-order valence-electron chi connectivity index (χ2n) is 6.65. The third-order valence-corrected chi connectivity index (χ3v) is 5.90. The van der Waals surface area contributed by atoms with Gasteiger partial charge in [-0.25, -0.2) is 8.42 Å². The molecule has 29 heavy (non-hydrogen) atoms. The highest BCUT2D eigenvalue weighted by molar-refractivity contribution is 7.92. The summed E-state index contributed by atoms with van der Waals surface area (Å²) in [6.45, 7) is 4.85. The van der Waals surface area contributed by atoms with E-state index in [2.05, 4.69) is 5.32 Å². The van der Waals surface area contributed by atoms with Crippen LogP contribution in [0.1, 0.15) is 23.6 Å². The van der Waals surface area contributed by atoms with Crippen LogP contribution in [-0.2, 0) is 21.0 Å². The van der Waals surface area contributed by atoms with Gasteiger partial charge in [-0.05, 0) is 50.1 Å². The number of hydrogen-bond donors (Lipinski definition) is 1. The number of para-hydroxylation sites is 1. The minimum Gasteiger partial charge on any atom is -0.324 e. The Balaban J connectivity index is 2.47. The molecule has 0 saturated heterocycles. The number of alkyl halides is 3. The highest BCUT2D eigenvalue weighted by atomic mass is 35.5. The molecule has 1 N–H and O–H groups in total. The zero-order valence-electron chi connectivity index (χ0n) is 16.1. The van der Waals surface area contributed by atoms with Gasteiger partial charge in [-0.3, -0.25) is 9.10 Å². The largest absolute Gasteiger partial charge is 0.417 e. The van der Waals surface area contributed by atoms with Crippen LogP contribution in [0.4, 0.5) is 24.5 Å². The lowest BCUT2D eigenvalue weighted by Gasteiger charge is -2.29. The fourth-order valence-corrected chi connectivity index (χ4v) is 4.31. The zero-order chi connectivity index (χ0) is 22.1. The van der Waals surface area contributed by atoms with E-state index < -0.39 is 38.7 Å². The second-order valence-corrected chi connectivity index (χ2v) is 8.92. The third kappa shape index (κ3) is 5.22. The van der Waals surface area contributed by atoms with E-state index in [0.717, 1.165) is 29.5 Å². The molecule has 1 atom stereocenters. The van der Waals surface area contributed by atoms with E-state index in [1.807, 2.05) is 0 Å². The summed E-state index contributed by atoms with van der Waals surface area (Å²) in [4.78, 5) is 12.8. The summed E-state index contributed by atoms with van der Waals surface area (Å²) in [5, 5.41) is 2.10. The lowest BCUT2D eigenvalue weighted by Crippen LogP contribution is -2.45. The first-order valence-electron chi connectivity index (χ1n) is 8.46. The van der Waals surface area contributed by atoms with Crippen molar-refractivity contribution in [2.75, 3.05) is 15.9 Å². The predicted octanol–water partition coefficient (Wildman–Crippen LogP) is 4.77. The van der Waals surface area contributed by atoms with Gasteiger partial charge in [0.25, 0.3) is 0 Å². The van der Waals surface area contributed by atoms with Crippen molar-refractivity contribution in [1.29, 1.82) is 0 Å². The lowest BCUT2D eigenvalue weighted by atomic mass is 10.1. The van der Waals surface area contributed by atoms with Gasteiger partial charge in [0.1, 0.15) is 6.04 Å². The van der Waals surface area contributed by atoms with Crippen molar-refractivity contribution in [3.8, 4) is 0 Å². The Labute approximate surface area is 172 Å². The number of carbonyl (C=O) groups excluding carboxylic acids is 1. The van der Waals surface area contributed by atoms with Crippen molar-refractivity contribution in [3.05, 3.63) is 58.1 Å². The fraction of sp³-hybridized carbons (Fsp3) is 0.316. The third-order valence-electron chi connectivity index (χ3n) is 4.33. The minimum absolute atomic E-state index is 0.312. The van der Waals surface area contributed by atoms with Crippen molar-refractivity contribution in [2.24, 2.45) is 0 Å². The molecule has 0 fully saturated rings. The highest BCUT2D eigenvalue weighted by Gasteiger charge is 2.36. The standard InChI is InChI=1S/C19H20ClF3N2O3S/c1-11-6-5-7-12(2)17(11)24-18(26)13(3)25(29(4,27)28)14-8-9-16(20)15(10-14)19(21,22)23/h5-10,13H,1-4H3,(H,24,26)/t13-/m0/s1. The van der Waals surface area contributed by atoms with Crippen LogP contribution in [-0.4, -0.2) is 26.6 Å². The number of anilines is 2. The van der Waals surface area contributed by atoms with Gasteiger partial charge in [0.05, 0.1) is 22.5 Å².